The van der Waals surface area contributed by atoms with E-state index >= 15 is 0 Å². The van der Waals surface area contributed by atoms with Gasteiger partial charge in [-0.2, -0.15) is 12.8 Å². The summed E-state index contributed by atoms with van der Waals surface area (Å²) in [5.74, 6) is 5.62. The molecule has 0 aliphatic carbocycles. The average Bonchev–Trinajstić information content (AvgIpc) is 2.37. The van der Waals surface area contributed by atoms with Crippen molar-refractivity contribution >= 4 is 16.0 Å². The molecule has 0 bridgehead atoms. The third-order valence-electron chi connectivity index (χ3n) is 2.47. The third kappa shape index (κ3) is 2.72. The lowest BCUT2D eigenvalue weighted by atomic mass is 10.4. The van der Waals surface area contributed by atoms with Gasteiger partial charge in [0.1, 0.15) is 0 Å². The molecule has 2 rings (SSSR count). The highest BCUT2D eigenvalue weighted by Crippen LogP contribution is 2.17. The lowest BCUT2D eigenvalue weighted by Crippen LogP contribution is -2.39. The van der Waals surface area contributed by atoms with Crippen molar-refractivity contribution in [2.75, 3.05) is 4.41 Å². The molecular weight excluding hydrogens is 264 g/mol. The number of aryl methyl sites for hydroxylation is 2. The maximum absolute atomic E-state index is 12.3. The quantitative estimate of drug-likeness (QED) is 0.672. The van der Waals surface area contributed by atoms with Crippen molar-refractivity contribution in [1.82, 2.24) is 9.97 Å². The normalized spacial score (nSPS) is 11.3. The van der Waals surface area contributed by atoms with E-state index in [0.717, 1.165) is 0 Å². The van der Waals surface area contributed by atoms with E-state index in [1.54, 1.807) is 38.1 Å². The fourth-order valence-electron chi connectivity index (χ4n) is 1.62. The summed E-state index contributed by atoms with van der Waals surface area (Å²) < 4.78 is 25.2. The Morgan fingerprint density at radius 3 is 2.11 bits per heavy atom. The highest BCUT2D eigenvalue weighted by molar-refractivity contribution is 7.92. The van der Waals surface area contributed by atoms with Crippen LogP contribution >= 0.6 is 0 Å². The van der Waals surface area contributed by atoms with Crippen LogP contribution in [-0.4, -0.2) is 18.4 Å². The Balaban J connectivity index is 2.46. The van der Waals surface area contributed by atoms with Gasteiger partial charge in [0.2, 0.25) is 0 Å². The van der Waals surface area contributed by atoms with Crippen molar-refractivity contribution in [2.45, 2.75) is 18.7 Å². The molecule has 100 valence electrons. The predicted octanol–water partition coefficient (Wildman–Crippen LogP) is 1.16. The van der Waals surface area contributed by atoms with Crippen LogP contribution in [0.1, 0.15) is 11.4 Å². The molecule has 1 aromatic heterocycles. The van der Waals surface area contributed by atoms with Crippen LogP contribution in [0.25, 0.3) is 0 Å². The Kier molecular flexibility index (Phi) is 3.50. The van der Waals surface area contributed by atoms with Gasteiger partial charge in [-0.05, 0) is 32.0 Å². The first-order valence-electron chi connectivity index (χ1n) is 5.58. The summed E-state index contributed by atoms with van der Waals surface area (Å²) in [7, 11) is -3.84. The summed E-state index contributed by atoms with van der Waals surface area (Å²) in [6.45, 7) is 3.50. The van der Waals surface area contributed by atoms with Gasteiger partial charge in [0.15, 0.2) is 0 Å². The Bertz CT molecular complexity index is 666. The van der Waals surface area contributed by atoms with Crippen LogP contribution in [0.15, 0.2) is 41.3 Å². The summed E-state index contributed by atoms with van der Waals surface area (Å²) in [6.07, 6.45) is 0. The number of nitrogens with zero attached hydrogens (tertiary/aromatic N) is 3. The molecule has 7 heteroatoms. The van der Waals surface area contributed by atoms with E-state index in [2.05, 4.69) is 9.97 Å². The van der Waals surface area contributed by atoms with Crippen LogP contribution in [0.2, 0.25) is 0 Å². The fourth-order valence-corrected chi connectivity index (χ4v) is 2.64. The highest BCUT2D eigenvalue weighted by Gasteiger charge is 2.24. The number of aromatic nitrogens is 2. The molecule has 0 saturated carbocycles. The average molecular weight is 278 g/mol. The van der Waals surface area contributed by atoms with Crippen LogP contribution < -0.4 is 10.3 Å². The van der Waals surface area contributed by atoms with Crippen LogP contribution in [0.4, 0.5) is 5.95 Å². The minimum absolute atomic E-state index is 0.0404. The van der Waals surface area contributed by atoms with E-state index in [-0.39, 0.29) is 10.8 Å². The van der Waals surface area contributed by atoms with E-state index in [9.17, 15) is 8.42 Å². The summed E-state index contributed by atoms with van der Waals surface area (Å²) in [5.41, 5.74) is 1.31. The smallest absolute Gasteiger partial charge is 0.230 e. The molecule has 0 spiro atoms. The van der Waals surface area contributed by atoms with Crippen LogP contribution in [0.5, 0.6) is 0 Å². The van der Waals surface area contributed by atoms with E-state index < -0.39 is 10.0 Å². The highest BCUT2D eigenvalue weighted by atomic mass is 32.2. The lowest BCUT2D eigenvalue weighted by Gasteiger charge is -2.17. The molecular formula is C12H14N4O2S. The Labute approximate surface area is 111 Å². The number of sulfonamides is 1. The SMILES string of the molecule is Cc1cc(C)nc(N(N)S(=O)(=O)c2ccccc2)n1. The zero-order valence-electron chi connectivity index (χ0n) is 10.6. The topological polar surface area (TPSA) is 89.2 Å². The van der Waals surface area contributed by atoms with Crippen molar-refractivity contribution < 1.29 is 8.42 Å². The zero-order chi connectivity index (χ0) is 14.0. The van der Waals surface area contributed by atoms with Crippen LogP contribution in [-0.2, 0) is 10.0 Å². The molecule has 6 nitrogen and oxygen atoms in total. The van der Waals surface area contributed by atoms with Gasteiger partial charge in [-0.15, -0.1) is 0 Å². The van der Waals surface area contributed by atoms with E-state index in [1.165, 1.54) is 12.1 Å². The van der Waals surface area contributed by atoms with Crippen LogP contribution in [0, 0.1) is 13.8 Å². The number of benzene rings is 1. The van der Waals surface area contributed by atoms with E-state index in [4.69, 9.17) is 5.84 Å². The number of rotatable bonds is 3. The van der Waals surface area contributed by atoms with Gasteiger partial charge in [-0.1, -0.05) is 18.2 Å². The van der Waals surface area contributed by atoms with Crippen LogP contribution in [0.3, 0.4) is 0 Å². The second kappa shape index (κ2) is 4.94. The molecule has 0 amide bonds. The van der Waals surface area contributed by atoms with Gasteiger partial charge in [0.25, 0.3) is 16.0 Å². The molecule has 1 aromatic carbocycles. The Morgan fingerprint density at radius 2 is 1.58 bits per heavy atom. The van der Waals surface area contributed by atoms with Gasteiger partial charge in [0.05, 0.1) is 4.90 Å². The van der Waals surface area contributed by atoms with Gasteiger partial charge < -0.3 is 0 Å². The van der Waals surface area contributed by atoms with Gasteiger partial charge in [-0.25, -0.2) is 15.8 Å². The van der Waals surface area contributed by atoms with Crippen molar-refractivity contribution in [2.24, 2.45) is 5.84 Å². The first kappa shape index (κ1) is 13.4. The zero-order valence-corrected chi connectivity index (χ0v) is 11.4. The third-order valence-corrected chi connectivity index (χ3v) is 4.02. The van der Waals surface area contributed by atoms with E-state index in [1.807, 2.05) is 0 Å². The molecule has 0 atom stereocenters. The first-order valence-corrected chi connectivity index (χ1v) is 7.02. The first-order chi connectivity index (χ1) is 8.91. The Hall–Kier alpha value is -1.99. The number of hydrazine groups is 1. The monoisotopic (exact) mass is 278 g/mol. The molecule has 0 fully saturated rings. The minimum Gasteiger partial charge on any atom is -0.230 e. The molecule has 2 N–H and O–H groups in total. The molecule has 0 aliphatic rings. The van der Waals surface area contributed by atoms with Crippen molar-refractivity contribution in [3.63, 3.8) is 0 Å². The summed E-state index contributed by atoms with van der Waals surface area (Å²) in [4.78, 5) is 8.17. The fraction of sp³-hybridized carbons (Fsp3) is 0.167. The largest absolute Gasteiger partial charge is 0.280 e. The van der Waals surface area contributed by atoms with E-state index in [0.29, 0.717) is 15.8 Å². The number of hydrogen-bond acceptors (Lipinski definition) is 5. The maximum atomic E-state index is 12.3. The number of hydrogen-bond donors (Lipinski definition) is 1. The summed E-state index contributed by atoms with van der Waals surface area (Å²) >= 11 is 0. The molecule has 0 radical (unpaired) electrons. The maximum Gasteiger partial charge on any atom is 0.280 e. The second-order valence-electron chi connectivity index (χ2n) is 4.06. The van der Waals surface area contributed by atoms with Gasteiger partial charge in [0, 0.05) is 11.4 Å². The number of nitrogens with two attached hydrogens (primary N) is 1. The minimum atomic E-state index is -3.84. The molecule has 0 aliphatic heterocycles. The van der Waals surface area contributed by atoms with Gasteiger partial charge >= 0.3 is 0 Å². The van der Waals surface area contributed by atoms with Crippen molar-refractivity contribution in [1.29, 1.82) is 0 Å². The lowest BCUT2D eigenvalue weighted by molar-refractivity contribution is 0.590. The summed E-state index contributed by atoms with van der Waals surface area (Å²) in [6, 6.07) is 9.67. The molecule has 1 heterocycles. The number of anilines is 1. The molecule has 0 saturated heterocycles. The van der Waals surface area contributed by atoms with Gasteiger partial charge in [-0.3, -0.25) is 0 Å². The Morgan fingerprint density at radius 1 is 1.05 bits per heavy atom. The van der Waals surface area contributed by atoms with Crippen molar-refractivity contribution in [3.8, 4) is 0 Å². The molecule has 0 unspecified atom stereocenters. The molecule has 2 aromatic rings. The predicted molar refractivity (Wildman–Crippen MR) is 71.8 cm³/mol. The van der Waals surface area contributed by atoms with Crippen molar-refractivity contribution in [3.05, 3.63) is 47.8 Å². The standard InChI is InChI=1S/C12H14N4O2S/c1-9-8-10(2)15-12(14-9)16(13)19(17,18)11-6-4-3-5-7-11/h3-8H,13H2,1-2H3. The molecule has 19 heavy (non-hydrogen) atoms. The summed E-state index contributed by atoms with van der Waals surface area (Å²) in [5, 5.41) is 0. The second-order valence-corrected chi connectivity index (χ2v) is 5.88.